The maximum Gasteiger partial charge on any atom is 0.229 e. The molecular formula is C17H17ClN2OS. The van der Waals surface area contributed by atoms with Gasteiger partial charge >= 0.3 is 0 Å². The third-order valence-corrected chi connectivity index (χ3v) is 5.96. The van der Waals surface area contributed by atoms with Crippen molar-refractivity contribution in [2.24, 2.45) is 17.8 Å². The van der Waals surface area contributed by atoms with Gasteiger partial charge in [0.05, 0.1) is 5.69 Å². The number of nitrogens with zero attached hydrogens (tertiary/aromatic N) is 1. The SMILES string of the molecule is O=C(Nc1nc(-c2ccc(Cl)cc2)cs1)[C@H]1C[C@H]2CC[C@@H]1C2. The molecule has 2 aromatic rings. The average Bonchev–Trinajstić information content (AvgIpc) is 3.24. The van der Waals surface area contributed by atoms with Crippen LogP contribution >= 0.6 is 22.9 Å². The standard InChI is InChI=1S/C17H17ClN2OS/c18-13-5-3-11(4-6-13)15-9-22-17(19-15)20-16(21)14-8-10-1-2-12(14)7-10/h3-6,9-10,12,14H,1-2,7-8H2,(H,19,20,21)/t10-,12+,14-/m0/s1. The molecule has 5 heteroatoms. The molecule has 0 spiro atoms. The number of carbonyl (C=O) groups excluding carboxylic acids is 1. The van der Waals surface area contributed by atoms with Gasteiger partial charge in [0, 0.05) is 21.9 Å². The first-order valence-corrected chi connectivity index (χ1v) is 8.97. The first-order valence-electron chi connectivity index (χ1n) is 7.71. The molecule has 2 saturated carbocycles. The number of halogens is 1. The first kappa shape index (κ1) is 14.2. The highest BCUT2D eigenvalue weighted by molar-refractivity contribution is 7.14. The minimum absolute atomic E-state index is 0.157. The lowest BCUT2D eigenvalue weighted by atomic mass is 9.88. The molecule has 0 unspecified atom stereocenters. The summed E-state index contributed by atoms with van der Waals surface area (Å²) in [5.74, 6) is 1.73. The van der Waals surface area contributed by atoms with Gasteiger partial charge in [0.25, 0.3) is 0 Å². The minimum Gasteiger partial charge on any atom is -0.302 e. The summed E-state index contributed by atoms with van der Waals surface area (Å²) in [6, 6.07) is 7.59. The Hall–Kier alpha value is -1.39. The Morgan fingerprint density at radius 2 is 2.05 bits per heavy atom. The summed E-state index contributed by atoms with van der Waals surface area (Å²) in [7, 11) is 0. The van der Waals surface area contributed by atoms with Crippen molar-refractivity contribution >= 4 is 34.0 Å². The molecule has 0 aliphatic heterocycles. The maximum atomic E-state index is 12.4. The van der Waals surface area contributed by atoms with Crippen molar-refractivity contribution in [3.8, 4) is 11.3 Å². The Bertz CT molecular complexity index is 697. The van der Waals surface area contributed by atoms with Crippen LogP contribution in [0.2, 0.25) is 5.02 Å². The number of benzene rings is 1. The van der Waals surface area contributed by atoms with Gasteiger partial charge in [-0.3, -0.25) is 4.79 Å². The fourth-order valence-electron chi connectivity index (χ4n) is 3.85. The molecule has 2 fully saturated rings. The fourth-order valence-corrected chi connectivity index (χ4v) is 4.70. The van der Waals surface area contributed by atoms with Gasteiger partial charge in [0.15, 0.2) is 5.13 Å². The lowest BCUT2D eigenvalue weighted by molar-refractivity contribution is -0.121. The number of thiazole rings is 1. The van der Waals surface area contributed by atoms with E-state index >= 15 is 0 Å². The second-order valence-corrected chi connectivity index (χ2v) is 7.61. The molecule has 4 rings (SSSR count). The normalized spacial score (nSPS) is 26.3. The van der Waals surface area contributed by atoms with Gasteiger partial charge in [-0.05, 0) is 43.2 Å². The molecule has 1 aromatic heterocycles. The minimum atomic E-state index is 0.157. The van der Waals surface area contributed by atoms with Gasteiger partial charge in [-0.2, -0.15) is 0 Å². The van der Waals surface area contributed by atoms with Crippen LogP contribution in [-0.2, 0) is 4.79 Å². The Morgan fingerprint density at radius 1 is 1.23 bits per heavy atom. The summed E-state index contributed by atoms with van der Waals surface area (Å²) in [4.78, 5) is 17.0. The molecule has 1 N–H and O–H groups in total. The summed E-state index contributed by atoms with van der Waals surface area (Å²) in [5, 5.41) is 6.39. The second-order valence-electron chi connectivity index (χ2n) is 6.32. The van der Waals surface area contributed by atoms with E-state index in [1.54, 1.807) is 0 Å². The van der Waals surface area contributed by atoms with Crippen LogP contribution in [0.15, 0.2) is 29.6 Å². The number of hydrogen-bond donors (Lipinski definition) is 1. The molecule has 2 bridgehead atoms. The van der Waals surface area contributed by atoms with Gasteiger partial charge in [0.1, 0.15) is 0 Å². The van der Waals surface area contributed by atoms with Crippen molar-refractivity contribution in [1.82, 2.24) is 4.98 Å². The number of carbonyl (C=O) groups is 1. The van der Waals surface area contributed by atoms with E-state index in [9.17, 15) is 4.79 Å². The van der Waals surface area contributed by atoms with E-state index in [2.05, 4.69) is 10.3 Å². The molecule has 22 heavy (non-hydrogen) atoms. The smallest absolute Gasteiger partial charge is 0.229 e. The third-order valence-electron chi connectivity index (χ3n) is 4.95. The van der Waals surface area contributed by atoms with E-state index in [4.69, 9.17) is 11.6 Å². The van der Waals surface area contributed by atoms with Gasteiger partial charge < -0.3 is 5.32 Å². The van der Waals surface area contributed by atoms with Crippen LogP contribution in [0.25, 0.3) is 11.3 Å². The van der Waals surface area contributed by atoms with Crippen molar-refractivity contribution < 1.29 is 4.79 Å². The second kappa shape index (κ2) is 5.67. The molecule has 114 valence electrons. The number of nitrogens with one attached hydrogen (secondary N) is 1. The van der Waals surface area contributed by atoms with E-state index in [-0.39, 0.29) is 11.8 Å². The van der Waals surface area contributed by atoms with E-state index in [1.807, 2.05) is 29.6 Å². The lowest BCUT2D eigenvalue weighted by Crippen LogP contribution is -2.27. The molecule has 0 saturated heterocycles. The zero-order valence-corrected chi connectivity index (χ0v) is 13.7. The number of aromatic nitrogens is 1. The number of amides is 1. The maximum absolute atomic E-state index is 12.4. The zero-order chi connectivity index (χ0) is 15.1. The van der Waals surface area contributed by atoms with Crippen LogP contribution in [0.1, 0.15) is 25.7 Å². The highest BCUT2D eigenvalue weighted by Gasteiger charge is 2.43. The Kier molecular flexibility index (Phi) is 3.66. The van der Waals surface area contributed by atoms with E-state index in [1.165, 1.54) is 30.6 Å². The number of anilines is 1. The quantitative estimate of drug-likeness (QED) is 0.874. The first-order chi connectivity index (χ1) is 10.7. The average molecular weight is 333 g/mol. The molecule has 1 heterocycles. The number of hydrogen-bond acceptors (Lipinski definition) is 3. The van der Waals surface area contributed by atoms with Gasteiger partial charge in [-0.15, -0.1) is 11.3 Å². The third kappa shape index (κ3) is 2.66. The molecule has 3 nitrogen and oxygen atoms in total. The number of rotatable bonds is 3. The molecule has 1 amide bonds. The summed E-state index contributed by atoms with van der Waals surface area (Å²) in [6.07, 6.45) is 4.83. The van der Waals surface area contributed by atoms with Crippen molar-refractivity contribution in [3.63, 3.8) is 0 Å². The largest absolute Gasteiger partial charge is 0.302 e. The van der Waals surface area contributed by atoms with E-state index < -0.39 is 0 Å². The van der Waals surface area contributed by atoms with Crippen LogP contribution in [0.3, 0.4) is 0 Å². The number of fused-ring (bicyclic) bond motifs is 2. The van der Waals surface area contributed by atoms with E-state index in [0.29, 0.717) is 16.1 Å². The summed E-state index contributed by atoms with van der Waals surface area (Å²) in [6.45, 7) is 0. The van der Waals surface area contributed by atoms with Crippen molar-refractivity contribution in [1.29, 1.82) is 0 Å². The predicted octanol–water partition coefficient (Wildman–Crippen LogP) is 4.84. The topological polar surface area (TPSA) is 42.0 Å². The highest BCUT2D eigenvalue weighted by atomic mass is 35.5. The summed E-state index contributed by atoms with van der Waals surface area (Å²) in [5.41, 5.74) is 1.89. The van der Waals surface area contributed by atoms with Crippen LogP contribution in [0.4, 0.5) is 5.13 Å². The van der Waals surface area contributed by atoms with Gasteiger partial charge in [-0.1, -0.05) is 30.2 Å². The zero-order valence-electron chi connectivity index (χ0n) is 12.1. The molecule has 2 aliphatic rings. The fraction of sp³-hybridized carbons (Fsp3) is 0.412. The van der Waals surface area contributed by atoms with Crippen LogP contribution in [0, 0.1) is 17.8 Å². The molecule has 0 radical (unpaired) electrons. The van der Waals surface area contributed by atoms with Crippen molar-refractivity contribution in [2.45, 2.75) is 25.7 Å². The molecular weight excluding hydrogens is 316 g/mol. The Morgan fingerprint density at radius 3 is 2.73 bits per heavy atom. The monoisotopic (exact) mass is 332 g/mol. The van der Waals surface area contributed by atoms with Crippen LogP contribution < -0.4 is 5.32 Å². The Labute approximate surface area is 138 Å². The van der Waals surface area contributed by atoms with E-state index in [0.717, 1.165) is 23.6 Å². The molecule has 1 aromatic carbocycles. The van der Waals surface area contributed by atoms with Gasteiger partial charge in [0.2, 0.25) is 5.91 Å². The predicted molar refractivity (Wildman–Crippen MR) is 90.1 cm³/mol. The molecule has 2 aliphatic carbocycles. The summed E-state index contributed by atoms with van der Waals surface area (Å²) < 4.78 is 0. The van der Waals surface area contributed by atoms with Crippen LogP contribution in [0.5, 0.6) is 0 Å². The van der Waals surface area contributed by atoms with Crippen LogP contribution in [-0.4, -0.2) is 10.9 Å². The van der Waals surface area contributed by atoms with Gasteiger partial charge in [-0.25, -0.2) is 4.98 Å². The van der Waals surface area contributed by atoms with Crippen molar-refractivity contribution in [2.75, 3.05) is 5.32 Å². The molecule has 3 atom stereocenters. The summed E-state index contributed by atoms with van der Waals surface area (Å²) >= 11 is 7.38. The lowest BCUT2D eigenvalue weighted by Gasteiger charge is -2.19. The van der Waals surface area contributed by atoms with Crippen molar-refractivity contribution in [3.05, 3.63) is 34.7 Å². The highest BCUT2D eigenvalue weighted by Crippen LogP contribution is 2.48. The Balaban J connectivity index is 1.45.